The number of rotatable bonds is 2. The zero-order chi connectivity index (χ0) is 12.3. The van der Waals surface area contributed by atoms with Crippen LogP contribution in [0.3, 0.4) is 0 Å². The summed E-state index contributed by atoms with van der Waals surface area (Å²) in [5.41, 5.74) is 10.0. The Morgan fingerprint density at radius 3 is 2.56 bits per heavy atom. The molecule has 0 saturated carbocycles. The molecule has 1 rings (SSSR count). The fourth-order valence-electron chi connectivity index (χ4n) is 1.06. The van der Waals surface area contributed by atoms with Gasteiger partial charge >= 0.3 is 6.36 Å². The average Bonchev–Trinajstić information content (AvgIpc) is 2.10. The second kappa shape index (κ2) is 4.14. The monoisotopic (exact) mass is 232 g/mol. The Labute approximate surface area is 88.4 Å². The van der Waals surface area contributed by atoms with E-state index in [-0.39, 0.29) is 23.6 Å². The smallest absolute Gasteiger partial charge is 0.402 e. The first-order valence-corrected chi connectivity index (χ1v) is 4.01. The standard InChI is InChI=1S/C8H7F3N4O/c9-8(10,11)16-7-4(13)3-6(14)15-5(7)1-2-12/h3H,1H2,(H4,13,14,15). The van der Waals surface area contributed by atoms with Crippen molar-refractivity contribution < 1.29 is 17.9 Å². The van der Waals surface area contributed by atoms with Gasteiger partial charge in [0.15, 0.2) is 5.75 Å². The molecule has 16 heavy (non-hydrogen) atoms. The highest BCUT2D eigenvalue weighted by Crippen LogP contribution is 2.32. The molecular weight excluding hydrogens is 225 g/mol. The van der Waals surface area contributed by atoms with Crippen LogP contribution in [-0.2, 0) is 6.42 Å². The fraction of sp³-hybridized carbons (Fsp3) is 0.250. The highest BCUT2D eigenvalue weighted by molar-refractivity contribution is 5.60. The van der Waals surface area contributed by atoms with Gasteiger partial charge in [-0.3, -0.25) is 0 Å². The number of halogens is 3. The minimum atomic E-state index is -4.89. The largest absolute Gasteiger partial charge is 0.573 e. The lowest BCUT2D eigenvalue weighted by atomic mass is 10.2. The van der Waals surface area contributed by atoms with Crippen LogP contribution in [0.4, 0.5) is 24.7 Å². The third-order valence-corrected chi connectivity index (χ3v) is 1.56. The van der Waals surface area contributed by atoms with E-state index in [9.17, 15) is 13.2 Å². The van der Waals surface area contributed by atoms with Crippen molar-refractivity contribution in [1.29, 1.82) is 5.26 Å². The quantitative estimate of drug-likeness (QED) is 0.798. The average molecular weight is 232 g/mol. The van der Waals surface area contributed by atoms with Crippen molar-refractivity contribution in [2.24, 2.45) is 0 Å². The van der Waals surface area contributed by atoms with Gasteiger partial charge in [0.25, 0.3) is 0 Å². The number of hydrogen-bond acceptors (Lipinski definition) is 5. The summed E-state index contributed by atoms with van der Waals surface area (Å²) >= 11 is 0. The second-order valence-corrected chi connectivity index (χ2v) is 2.79. The number of alkyl halides is 3. The normalized spacial score (nSPS) is 10.9. The van der Waals surface area contributed by atoms with E-state index in [2.05, 4.69) is 9.72 Å². The second-order valence-electron chi connectivity index (χ2n) is 2.79. The molecule has 0 bridgehead atoms. The summed E-state index contributed by atoms with van der Waals surface area (Å²) in [5, 5.41) is 8.42. The Kier molecular flexibility index (Phi) is 3.08. The number of ether oxygens (including phenoxy) is 1. The Hall–Kier alpha value is -2.17. The van der Waals surface area contributed by atoms with Crippen LogP contribution < -0.4 is 16.2 Å². The molecule has 0 aliphatic carbocycles. The van der Waals surface area contributed by atoms with E-state index in [1.54, 1.807) is 6.07 Å². The van der Waals surface area contributed by atoms with Crippen molar-refractivity contribution >= 4 is 11.5 Å². The van der Waals surface area contributed by atoms with E-state index >= 15 is 0 Å². The van der Waals surface area contributed by atoms with Crippen LogP contribution in [0.15, 0.2) is 6.07 Å². The van der Waals surface area contributed by atoms with E-state index in [1.165, 1.54) is 0 Å². The summed E-state index contributed by atoms with van der Waals surface area (Å²) < 4.78 is 39.7. The number of pyridine rings is 1. The van der Waals surface area contributed by atoms with Crippen molar-refractivity contribution in [3.63, 3.8) is 0 Å². The van der Waals surface area contributed by atoms with Crippen LogP contribution in [-0.4, -0.2) is 11.3 Å². The van der Waals surface area contributed by atoms with Gasteiger partial charge in [0, 0.05) is 6.07 Å². The molecule has 8 heteroatoms. The Bertz CT molecular complexity index is 438. The van der Waals surface area contributed by atoms with Crippen LogP contribution in [0.1, 0.15) is 5.69 Å². The van der Waals surface area contributed by atoms with Crippen molar-refractivity contribution in [2.45, 2.75) is 12.8 Å². The highest BCUT2D eigenvalue weighted by atomic mass is 19.4. The van der Waals surface area contributed by atoms with E-state index < -0.39 is 12.1 Å². The molecule has 0 spiro atoms. The molecule has 0 fully saturated rings. The van der Waals surface area contributed by atoms with Gasteiger partial charge in [0.1, 0.15) is 11.5 Å². The molecule has 0 saturated heterocycles. The van der Waals surface area contributed by atoms with Gasteiger partial charge in [-0.2, -0.15) is 5.26 Å². The zero-order valence-electron chi connectivity index (χ0n) is 7.88. The van der Waals surface area contributed by atoms with Crippen molar-refractivity contribution in [3.8, 4) is 11.8 Å². The molecule has 0 radical (unpaired) electrons. The van der Waals surface area contributed by atoms with Gasteiger partial charge in [-0.05, 0) is 0 Å². The summed E-state index contributed by atoms with van der Waals surface area (Å²) in [5.74, 6) is -0.750. The molecule has 0 aliphatic heterocycles. The maximum absolute atomic E-state index is 12.0. The van der Waals surface area contributed by atoms with Crippen LogP contribution >= 0.6 is 0 Å². The first-order valence-electron chi connectivity index (χ1n) is 4.01. The third-order valence-electron chi connectivity index (χ3n) is 1.56. The minimum absolute atomic E-state index is 0.0720. The lowest BCUT2D eigenvalue weighted by Crippen LogP contribution is -2.20. The van der Waals surface area contributed by atoms with Gasteiger partial charge in [-0.25, -0.2) is 4.98 Å². The Morgan fingerprint density at radius 2 is 2.06 bits per heavy atom. The SMILES string of the molecule is N#CCc1nc(N)cc(N)c1OC(F)(F)F. The minimum Gasteiger partial charge on any atom is -0.402 e. The van der Waals surface area contributed by atoms with E-state index in [0.717, 1.165) is 6.07 Å². The number of nitrogen functional groups attached to an aromatic ring is 2. The number of nitriles is 1. The van der Waals surface area contributed by atoms with Gasteiger partial charge in [0.2, 0.25) is 0 Å². The summed E-state index contributed by atoms with van der Waals surface area (Å²) in [6, 6.07) is 2.67. The topological polar surface area (TPSA) is 98.0 Å². The summed E-state index contributed by atoms with van der Waals surface area (Å²) in [4.78, 5) is 3.56. The van der Waals surface area contributed by atoms with Gasteiger partial charge in [0.05, 0.1) is 18.2 Å². The van der Waals surface area contributed by atoms with Crippen molar-refractivity contribution in [1.82, 2.24) is 4.98 Å². The van der Waals surface area contributed by atoms with Crippen LogP contribution in [0.25, 0.3) is 0 Å². The number of nitrogens with two attached hydrogens (primary N) is 2. The molecule has 0 aromatic carbocycles. The molecule has 86 valence electrons. The molecule has 4 N–H and O–H groups in total. The van der Waals surface area contributed by atoms with Crippen molar-refractivity contribution in [2.75, 3.05) is 11.5 Å². The van der Waals surface area contributed by atoms with E-state index in [1.807, 2.05) is 0 Å². The van der Waals surface area contributed by atoms with Gasteiger partial charge < -0.3 is 16.2 Å². The highest BCUT2D eigenvalue weighted by Gasteiger charge is 2.33. The van der Waals surface area contributed by atoms with Gasteiger partial charge in [-0.1, -0.05) is 0 Å². The molecule has 1 heterocycles. The molecule has 1 aromatic heterocycles. The Morgan fingerprint density at radius 1 is 1.44 bits per heavy atom. The molecule has 1 aromatic rings. The predicted molar refractivity (Wildman–Crippen MR) is 49.1 cm³/mol. The zero-order valence-corrected chi connectivity index (χ0v) is 7.88. The number of hydrogen-bond donors (Lipinski definition) is 2. The first-order chi connectivity index (χ1) is 7.33. The summed E-state index contributed by atoms with van der Waals surface area (Å²) in [6.45, 7) is 0. The third kappa shape index (κ3) is 2.91. The van der Waals surface area contributed by atoms with Crippen LogP contribution in [0.2, 0.25) is 0 Å². The number of aromatic nitrogens is 1. The van der Waals surface area contributed by atoms with E-state index in [4.69, 9.17) is 16.7 Å². The maximum atomic E-state index is 12.0. The summed E-state index contributed by atoms with van der Waals surface area (Å²) in [7, 11) is 0. The fourth-order valence-corrected chi connectivity index (χ4v) is 1.06. The molecule has 0 aliphatic rings. The lowest BCUT2D eigenvalue weighted by molar-refractivity contribution is -0.274. The molecule has 0 atom stereocenters. The van der Waals surface area contributed by atoms with Crippen LogP contribution in [0, 0.1) is 11.3 Å². The molecule has 5 nitrogen and oxygen atoms in total. The number of anilines is 2. The maximum Gasteiger partial charge on any atom is 0.573 e. The van der Waals surface area contributed by atoms with Gasteiger partial charge in [-0.15, -0.1) is 13.2 Å². The Balaban J connectivity index is 3.20. The predicted octanol–water partition coefficient (Wildman–Crippen LogP) is 1.21. The number of nitrogens with zero attached hydrogens (tertiary/aromatic N) is 2. The van der Waals surface area contributed by atoms with Crippen molar-refractivity contribution in [3.05, 3.63) is 11.8 Å². The molecule has 0 unspecified atom stereocenters. The van der Waals surface area contributed by atoms with E-state index in [0.29, 0.717) is 0 Å². The summed E-state index contributed by atoms with van der Waals surface area (Å²) in [6.07, 6.45) is -5.27. The molecular formula is C8H7F3N4O. The van der Waals surface area contributed by atoms with Crippen LogP contribution in [0.5, 0.6) is 5.75 Å². The lowest BCUT2D eigenvalue weighted by Gasteiger charge is -2.13. The first kappa shape index (κ1) is 11.9. The molecule has 0 amide bonds.